The second kappa shape index (κ2) is 8.23. The Morgan fingerprint density at radius 2 is 1.87 bits per heavy atom. The molecule has 0 bridgehead atoms. The molecule has 4 rings (SSSR count). The lowest BCUT2D eigenvalue weighted by Crippen LogP contribution is -2.20. The van der Waals surface area contributed by atoms with Crippen molar-refractivity contribution in [3.05, 3.63) is 67.0 Å². The van der Waals surface area contributed by atoms with E-state index in [2.05, 4.69) is 21.5 Å². The van der Waals surface area contributed by atoms with Gasteiger partial charge in [0, 0.05) is 24.8 Å². The van der Waals surface area contributed by atoms with Gasteiger partial charge in [-0.25, -0.2) is 15.0 Å². The second-order valence-electron chi connectivity index (χ2n) is 5.91. The summed E-state index contributed by atoms with van der Waals surface area (Å²) in [6.45, 7) is 3.74. The number of aromatic hydroxyl groups is 1. The van der Waals surface area contributed by atoms with E-state index in [1.165, 1.54) is 46.6 Å². The van der Waals surface area contributed by atoms with Gasteiger partial charge < -0.3 is 9.84 Å². The zero-order chi connectivity index (χ0) is 21.4. The first-order chi connectivity index (χ1) is 14.4. The predicted molar refractivity (Wildman–Crippen MR) is 119 cm³/mol. The van der Waals surface area contributed by atoms with Crippen molar-refractivity contribution < 1.29 is 9.84 Å². The SMILES string of the molecule is C=Cn1c(=O)c(-c2c(Cl)ccc(Cl)c2OCc2cnc(Cl)s2)c(O)c2nccnc21. The first kappa shape index (κ1) is 20.6. The molecule has 0 amide bonds. The Kier molecular flexibility index (Phi) is 5.66. The fourth-order valence-electron chi connectivity index (χ4n) is 2.91. The summed E-state index contributed by atoms with van der Waals surface area (Å²) in [5.74, 6) is -0.268. The van der Waals surface area contributed by atoms with Crippen LogP contribution in [0, 0.1) is 0 Å². The first-order valence-electron chi connectivity index (χ1n) is 8.34. The molecule has 0 radical (unpaired) electrons. The first-order valence-corrected chi connectivity index (χ1v) is 10.3. The number of aromatic nitrogens is 4. The highest BCUT2D eigenvalue weighted by Gasteiger charge is 2.25. The molecule has 7 nitrogen and oxygen atoms in total. The van der Waals surface area contributed by atoms with Crippen LogP contribution in [0.1, 0.15) is 4.88 Å². The minimum absolute atomic E-state index is 0.0846. The van der Waals surface area contributed by atoms with Crippen LogP contribution in [0.3, 0.4) is 0 Å². The molecule has 0 aliphatic carbocycles. The van der Waals surface area contributed by atoms with Gasteiger partial charge in [0.1, 0.15) is 17.9 Å². The quantitative estimate of drug-likeness (QED) is 0.418. The standard InChI is InChI=1S/C19H11Cl3N4O3S/c1-2-26-17-14(23-5-6-24-17)15(27)13(18(26)28)12-10(20)3-4-11(21)16(12)29-8-9-7-25-19(22)30-9/h2-7,27H,1,8H2. The van der Waals surface area contributed by atoms with Crippen molar-refractivity contribution in [2.24, 2.45) is 0 Å². The molecule has 11 heteroatoms. The number of benzene rings is 1. The van der Waals surface area contributed by atoms with Gasteiger partial charge in [-0.3, -0.25) is 9.36 Å². The maximum atomic E-state index is 13.2. The normalized spacial score (nSPS) is 11.0. The number of halogens is 3. The molecule has 3 heterocycles. The van der Waals surface area contributed by atoms with E-state index >= 15 is 0 Å². The smallest absolute Gasteiger partial charge is 0.268 e. The number of thiazole rings is 1. The maximum absolute atomic E-state index is 13.2. The van der Waals surface area contributed by atoms with E-state index < -0.39 is 11.3 Å². The number of hydrogen-bond donors (Lipinski definition) is 1. The molecular formula is C19H11Cl3N4O3S. The van der Waals surface area contributed by atoms with Crippen LogP contribution in [-0.4, -0.2) is 24.6 Å². The van der Waals surface area contributed by atoms with Gasteiger partial charge in [0.25, 0.3) is 5.56 Å². The van der Waals surface area contributed by atoms with Gasteiger partial charge in [0.2, 0.25) is 0 Å². The lowest BCUT2D eigenvalue weighted by molar-refractivity contribution is 0.311. The molecular weight excluding hydrogens is 471 g/mol. The third-order valence-corrected chi connectivity index (χ3v) is 5.88. The van der Waals surface area contributed by atoms with Gasteiger partial charge in [-0.05, 0) is 12.1 Å². The van der Waals surface area contributed by atoms with Crippen molar-refractivity contribution in [2.45, 2.75) is 6.61 Å². The minimum Gasteiger partial charge on any atom is -0.505 e. The number of hydrogen-bond acceptors (Lipinski definition) is 7. The molecule has 0 saturated carbocycles. The molecule has 0 aliphatic heterocycles. The molecule has 0 unspecified atom stereocenters. The second-order valence-corrected chi connectivity index (χ2v) is 8.42. The summed E-state index contributed by atoms with van der Waals surface area (Å²) in [7, 11) is 0. The summed E-state index contributed by atoms with van der Waals surface area (Å²) in [6, 6.07) is 3.04. The third kappa shape index (κ3) is 3.52. The summed E-state index contributed by atoms with van der Waals surface area (Å²) in [4.78, 5) is 26.2. The summed E-state index contributed by atoms with van der Waals surface area (Å²) in [5.41, 5.74) is -0.356. The van der Waals surface area contributed by atoms with E-state index in [-0.39, 0.29) is 44.7 Å². The van der Waals surface area contributed by atoms with Crippen LogP contribution in [0.15, 0.2) is 42.1 Å². The van der Waals surface area contributed by atoms with Gasteiger partial charge in [0.15, 0.2) is 15.9 Å². The fraction of sp³-hybridized carbons (Fsp3) is 0.0526. The van der Waals surface area contributed by atoms with Crippen molar-refractivity contribution in [3.63, 3.8) is 0 Å². The zero-order valence-electron chi connectivity index (χ0n) is 15.0. The van der Waals surface area contributed by atoms with Crippen LogP contribution in [0.5, 0.6) is 11.5 Å². The molecule has 0 saturated heterocycles. The Morgan fingerprint density at radius 3 is 2.57 bits per heavy atom. The highest BCUT2D eigenvalue weighted by molar-refractivity contribution is 7.15. The van der Waals surface area contributed by atoms with Crippen LogP contribution in [0.2, 0.25) is 14.5 Å². The van der Waals surface area contributed by atoms with E-state index in [0.29, 0.717) is 4.47 Å². The molecule has 1 N–H and O–H groups in total. The number of fused-ring (bicyclic) bond motifs is 1. The molecule has 152 valence electrons. The lowest BCUT2D eigenvalue weighted by Gasteiger charge is -2.16. The number of pyridine rings is 1. The van der Waals surface area contributed by atoms with E-state index in [4.69, 9.17) is 39.5 Å². The van der Waals surface area contributed by atoms with Crippen LogP contribution < -0.4 is 10.3 Å². The topological polar surface area (TPSA) is 90.1 Å². The molecule has 1 aromatic carbocycles. The summed E-state index contributed by atoms with van der Waals surface area (Å²) >= 11 is 19.9. The van der Waals surface area contributed by atoms with Crippen molar-refractivity contribution in [3.8, 4) is 22.6 Å². The molecule has 30 heavy (non-hydrogen) atoms. The van der Waals surface area contributed by atoms with Gasteiger partial charge >= 0.3 is 0 Å². The van der Waals surface area contributed by atoms with Crippen molar-refractivity contribution >= 4 is 63.5 Å². The molecule has 4 aromatic rings. The Balaban J connectivity index is 1.97. The number of rotatable bonds is 5. The van der Waals surface area contributed by atoms with E-state index in [0.717, 1.165) is 4.88 Å². The average molecular weight is 482 g/mol. The van der Waals surface area contributed by atoms with E-state index in [9.17, 15) is 9.90 Å². The number of ether oxygens (including phenoxy) is 1. The summed E-state index contributed by atoms with van der Waals surface area (Å²) in [5, 5.41) is 11.3. The highest BCUT2D eigenvalue weighted by atomic mass is 35.5. The van der Waals surface area contributed by atoms with Gasteiger partial charge in [-0.1, -0.05) is 41.4 Å². The van der Waals surface area contributed by atoms with Gasteiger partial charge in [-0.2, -0.15) is 0 Å². The highest BCUT2D eigenvalue weighted by Crippen LogP contribution is 2.44. The minimum atomic E-state index is -0.606. The van der Waals surface area contributed by atoms with Gasteiger partial charge in [0.05, 0.1) is 26.0 Å². The maximum Gasteiger partial charge on any atom is 0.268 e. The molecule has 0 spiro atoms. The van der Waals surface area contributed by atoms with Crippen molar-refractivity contribution in [1.82, 2.24) is 19.5 Å². The Hall–Kier alpha value is -2.65. The molecule has 3 aromatic heterocycles. The fourth-order valence-corrected chi connectivity index (χ4v) is 4.25. The van der Waals surface area contributed by atoms with Gasteiger partial charge in [-0.15, -0.1) is 11.3 Å². The Morgan fingerprint density at radius 1 is 1.13 bits per heavy atom. The van der Waals surface area contributed by atoms with E-state index in [1.807, 2.05) is 0 Å². The Labute approximate surface area is 188 Å². The van der Waals surface area contributed by atoms with E-state index in [1.54, 1.807) is 6.20 Å². The van der Waals surface area contributed by atoms with Crippen LogP contribution >= 0.6 is 46.1 Å². The largest absolute Gasteiger partial charge is 0.505 e. The average Bonchev–Trinajstić information content (AvgIpc) is 3.15. The summed E-state index contributed by atoms with van der Waals surface area (Å²) in [6.07, 6.45) is 5.65. The predicted octanol–water partition coefficient (Wildman–Crippen LogP) is 5.26. The van der Waals surface area contributed by atoms with Crippen molar-refractivity contribution in [1.29, 1.82) is 0 Å². The molecule has 0 atom stereocenters. The van der Waals surface area contributed by atoms with Crippen LogP contribution in [0.4, 0.5) is 0 Å². The Bertz CT molecular complexity index is 1350. The summed E-state index contributed by atoms with van der Waals surface area (Å²) < 4.78 is 7.41. The zero-order valence-corrected chi connectivity index (χ0v) is 18.1. The lowest BCUT2D eigenvalue weighted by atomic mass is 10.0. The third-order valence-electron chi connectivity index (χ3n) is 4.18. The van der Waals surface area contributed by atoms with Crippen LogP contribution in [0.25, 0.3) is 28.5 Å². The monoisotopic (exact) mass is 480 g/mol. The molecule has 0 aliphatic rings. The van der Waals surface area contributed by atoms with Crippen LogP contribution in [-0.2, 0) is 6.61 Å². The van der Waals surface area contributed by atoms with Crippen molar-refractivity contribution in [2.75, 3.05) is 0 Å². The molecule has 0 fully saturated rings. The number of nitrogens with zero attached hydrogens (tertiary/aromatic N) is 4.